The molecule has 9 heteroatoms. The fourth-order valence-corrected chi connectivity index (χ4v) is 3.68. The van der Waals surface area contributed by atoms with Crippen LogP contribution in [0.3, 0.4) is 0 Å². The summed E-state index contributed by atoms with van der Waals surface area (Å²) < 4.78 is 38.0. The van der Waals surface area contributed by atoms with E-state index in [1.165, 1.54) is 18.2 Å². The minimum absolute atomic E-state index is 0. The minimum atomic E-state index is -3.70. The van der Waals surface area contributed by atoms with Crippen molar-refractivity contribution in [1.29, 1.82) is 0 Å². The number of sulfone groups is 1. The minimum Gasteiger partial charge on any atom is -0.356 e. The third kappa shape index (κ3) is 7.63. The predicted molar refractivity (Wildman–Crippen MR) is 118 cm³/mol. The molecule has 0 saturated heterocycles. The maximum absolute atomic E-state index is 13.6. The van der Waals surface area contributed by atoms with Gasteiger partial charge in [-0.1, -0.05) is 35.9 Å². The van der Waals surface area contributed by atoms with E-state index in [1.54, 1.807) is 7.05 Å². The Kier molecular flexibility index (Phi) is 10.0. The van der Waals surface area contributed by atoms with Crippen LogP contribution in [0.5, 0.6) is 0 Å². The Balaban J connectivity index is 0.00000364. The second-order valence-electron chi connectivity index (χ2n) is 5.55. The monoisotopic (exact) mass is 525 g/mol. The van der Waals surface area contributed by atoms with E-state index in [1.807, 2.05) is 24.3 Å². The van der Waals surface area contributed by atoms with E-state index < -0.39 is 15.7 Å². The highest BCUT2D eigenvalue weighted by atomic mass is 127. The number of hydrogen-bond donors (Lipinski definition) is 2. The maximum atomic E-state index is 13.6. The van der Waals surface area contributed by atoms with Crippen molar-refractivity contribution in [2.75, 3.05) is 25.9 Å². The van der Waals surface area contributed by atoms with Crippen molar-refractivity contribution >= 4 is 51.4 Å². The number of halogens is 3. The van der Waals surface area contributed by atoms with Gasteiger partial charge in [-0.2, -0.15) is 0 Å². The van der Waals surface area contributed by atoms with Crippen LogP contribution in [0.2, 0.25) is 5.02 Å². The van der Waals surface area contributed by atoms with Gasteiger partial charge in [0, 0.05) is 25.2 Å². The topological polar surface area (TPSA) is 70.6 Å². The molecule has 0 bridgehead atoms. The van der Waals surface area contributed by atoms with Crippen molar-refractivity contribution in [3.8, 4) is 0 Å². The van der Waals surface area contributed by atoms with E-state index in [4.69, 9.17) is 11.6 Å². The zero-order valence-corrected chi connectivity index (χ0v) is 18.7. The van der Waals surface area contributed by atoms with Crippen molar-refractivity contribution < 1.29 is 12.8 Å². The molecule has 2 aromatic rings. The van der Waals surface area contributed by atoms with Gasteiger partial charge < -0.3 is 10.6 Å². The zero-order chi connectivity index (χ0) is 19.0. The summed E-state index contributed by atoms with van der Waals surface area (Å²) in [6.45, 7) is 0.749. The molecule has 0 aliphatic carbocycles. The van der Waals surface area contributed by atoms with Crippen LogP contribution >= 0.6 is 35.6 Å². The maximum Gasteiger partial charge on any atom is 0.191 e. The fraction of sp³-hybridized carbons (Fsp3) is 0.278. The summed E-state index contributed by atoms with van der Waals surface area (Å²) in [6.07, 6.45) is 0.769. The Morgan fingerprint density at radius 1 is 1.07 bits per heavy atom. The molecule has 0 aromatic heterocycles. The standard InChI is InChI=1S/C18H21ClFN3O2S.HI/c1-21-18(22-11-10-14-6-8-15(19)9-7-14)23-12-13-26(24,25)17-5-3-2-4-16(17)20;/h2-9H,10-13H2,1H3,(H2,21,22,23);1H. The molecular formula is C18H22ClFIN3O2S. The number of nitrogens with zero attached hydrogens (tertiary/aromatic N) is 1. The van der Waals surface area contributed by atoms with E-state index in [0.29, 0.717) is 17.5 Å². The molecule has 0 unspecified atom stereocenters. The van der Waals surface area contributed by atoms with Crippen LogP contribution < -0.4 is 10.6 Å². The van der Waals surface area contributed by atoms with Gasteiger partial charge in [0.1, 0.15) is 10.7 Å². The summed E-state index contributed by atoms with van der Waals surface area (Å²) in [5, 5.41) is 6.72. The van der Waals surface area contributed by atoms with Gasteiger partial charge in [0.2, 0.25) is 0 Å². The molecule has 2 N–H and O–H groups in total. The highest BCUT2D eigenvalue weighted by Crippen LogP contribution is 2.14. The van der Waals surface area contributed by atoms with Crippen molar-refractivity contribution in [3.05, 3.63) is 64.9 Å². The molecule has 2 aromatic carbocycles. The summed E-state index contributed by atoms with van der Waals surface area (Å²) in [6, 6.07) is 12.9. The van der Waals surface area contributed by atoms with Crippen molar-refractivity contribution in [1.82, 2.24) is 10.6 Å². The second-order valence-corrected chi connectivity index (χ2v) is 8.07. The Morgan fingerprint density at radius 2 is 1.70 bits per heavy atom. The van der Waals surface area contributed by atoms with Gasteiger partial charge in [0.15, 0.2) is 15.8 Å². The Labute approximate surface area is 181 Å². The lowest BCUT2D eigenvalue weighted by Crippen LogP contribution is -2.40. The van der Waals surface area contributed by atoms with Gasteiger partial charge in [0.05, 0.1) is 5.75 Å². The van der Waals surface area contributed by atoms with Crippen molar-refractivity contribution in [2.24, 2.45) is 4.99 Å². The van der Waals surface area contributed by atoms with Crippen LogP contribution in [0.4, 0.5) is 4.39 Å². The Morgan fingerprint density at radius 3 is 2.33 bits per heavy atom. The summed E-state index contributed by atoms with van der Waals surface area (Å²) in [5.41, 5.74) is 1.12. The lowest BCUT2D eigenvalue weighted by molar-refractivity contribution is 0.566. The molecule has 0 fully saturated rings. The number of aliphatic imine (C=N–C) groups is 1. The predicted octanol–water partition coefficient (Wildman–Crippen LogP) is 3.28. The smallest absolute Gasteiger partial charge is 0.191 e. The van der Waals surface area contributed by atoms with Gasteiger partial charge in [-0.15, -0.1) is 24.0 Å². The Bertz CT molecular complexity index is 861. The number of benzene rings is 2. The molecule has 0 heterocycles. The molecular weight excluding hydrogens is 504 g/mol. The number of nitrogens with one attached hydrogen (secondary N) is 2. The first-order valence-corrected chi connectivity index (χ1v) is 10.1. The normalized spacial score (nSPS) is 11.6. The molecule has 27 heavy (non-hydrogen) atoms. The summed E-state index contributed by atoms with van der Waals surface area (Å²) >= 11 is 5.85. The van der Waals surface area contributed by atoms with Gasteiger partial charge in [0.25, 0.3) is 0 Å². The molecule has 2 rings (SSSR count). The summed E-state index contributed by atoms with van der Waals surface area (Å²) in [4.78, 5) is 3.76. The second kappa shape index (κ2) is 11.5. The lowest BCUT2D eigenvalue weighted by atomic mass is 10.1. The van der Waals surface area contributed by atoms with Crippen LogP contribution in [0, 0.1) is 5.82 Å². The molecule has 0 radical (unpaired) electrons. The van der Waals surface area contributed by atoms with Gasteiger partial charge >= 0.3 is 0 Å². The summed E-state index contributed by atoms with van der Waals surface area (Å²) in [7, 11) is -2.10. The molecule has 0 aliphatic rings. The molecule has 5 nitrogen and oxygen atoms in total. The van der Waals surface area contributed by atoms with E-state index in [2.05, 4.69) is 15.6 Å². The average molecular weight is 526 g/mol. The van der Waals surface area contributed by atoms with Crippen molar-refractivity contribution in [3.63, 3.8) is 0 Å². The van der Waals surface area contributed by atoms with Gasteiger partial charge in [-0.3, -0.25) is 4.99 Å². The SMILES string of the molecule is CN=C(NCCc1ccc(Cl)cc1)NCCS(=O)(=O)c1ccccc1F.I. The molecule has 0 amide bonds. The average Bonchev–Trinajstić information content (AvgIpc) is 2.62. The Hall–Kier alpha value is -1.39. The lowest BCUT2D eigenvalue weighted by Gasteiger charge is -2.12. The fourth-order valence-electron chi connectivity index (χ4n) is 2.31. The van der Waals surface area contributed by atoms with Crippen molar-refractivity contribution in [2.45, 2.75) is 11.3 Å². The molecule has 0 saturated carbocycles. The summed E-state index contributed by atoms with van der Waals surface area (Å²) in [5.74, 6) is -0.480. The first kappa shape index (κ1) is 23.6. The third-order valence-electron chi connectivity index (χ3n) is 3.68. The number of rotatable bonds is 7. The molecule has 0 spiro atoms. The van der Waals surface area contributed by atoms with Gasteiger partial charge in [-0.05, 0) is 36.2 Å². The quantitative estimate of drug-likeness (QED) is 0.331. The molecule has 0 atom stereocenters. The van der Waals surface area contributed by atoms with E-state index in [0.717, 1.165) is 18.1 Å². The zero-order valence-electron chi connectivity index (χ0n) is 14.8. The van der Waals surface area contributed by atoms with Crippen LogP contribution in [-0.4, -0.2) is 40.3 Å². The first-order valence-electron chi connectivity index (χ1n) is 8.08. The molecule has 0 aliphatic heterocycles. The van der Waals surface area contributed by atoms with Crippen LogP contribution in [0.15, 0.2) is 58.4 Å². The first-order chi connectivity index (χ1) is 12.4. The third-order valence-corrected chi connectivity index (χ3v) is 5.67. The van der Waals surface area contributed by atoms with Crippen LogP contribution in [0.25, 0.3) is 0 Å². The highest BCUT2D eigenvalue weighted by Gasteiger charge is 2.18. The van der Waals surface area contributed by atoms with E-state index in [-0.39, 0.29) is 41.2 Å². The van der Waals surface area contributed by atoms with E-state index >= 15 is 0 Å². The number of guanidine groups is 1. The van der Waals surface area contributed by atoms with Crippen LogP contribution in [-0.2, 0) is 16.3 Å². The highest BCUT2D eigenvalue weighted by molar-refractivity contribution is 14.0. The largest absolute Gasteiger partial charge is 0.356 e. The molecule has 148 valence electrons. The number of hydrogen-bond acceptors (Lipinski definition) is 3. The van der Waals surface area contributed by atoms with Gasteiger partial charge in [-0.25, -0.2) is 12.8 Å². The van der Waals surface area contributed by atoms with E-state index in [9.17, 15) is 12.8 Å². The van der Waals surface area contributed by atoms with Crippen LogP contribution in [0.1, 0.15) is 5.56 Å².